The predicted octanol–water partition coefficient (Wildman–Crippen LogP) is 2.83. The van der Waals surface area contributed by atoms with Crippen molar-refractivity contribution in [2.75, 3.05) is 12.4 Å². The lowest BCUT2D eigenvalue weighted by atomic mass is 10.0. The van der Waals surface area contributed by atoms with Gasteiger partial charge in [0.2, 0.25) is 5.91 Å². The van der Waals surface area contributed by atoms with Crippen LogP contribution in [0.25, 0.3) is 0 Å². The highest BCUT2D eigenvalue weighted by atomic mass is 33.1. The number of nitrogens with one attached hydrogen (secondary N) is 1. The fourth-order valence-electron chi connectivity index (χ4n) is 1.92. The van der Waals surface area contributed by atoms with Crippen molar-refractivity contribution < 1.29 is 9.90 Å². The second-order valence-corrected chi connectivity index (χ2v) is 7.96. The van der Waals surface area contributed by atoms with Crippen molar-refractivity contribution >= 4 is 27.5 Å². The summed E-state index contributed by atoms with van der Waals surface area (Å²) in [5.41, 5.74) is 0. The minimum atomic E-state index is -0.0979. The summed E-state index contributed by atoms with van der Waals surface area (Å²) < 4.78 is 0. The maximum Gasteiger partial charge on any atom is 0.220 e. The number of carbonyl (C=O) groups excluding carboxylic acids is 1. The van der Waals surface area contributed by atoms with Gasteiger partial charge in [0.05, 0.1) is 12.6 Å². The molecule has 1 saturated heterocycles. The topological polar surface area (TPSA) is 49.3 Å². The molecule has 2 N–H and O–H groups in total. The molecule has 1 unspecified atom stereocenters. The minimum absolute atomic E-state index is 0.0271. The summed E-state index contributed by atoms with van der Waals surface area (Å²) in [6.45, 7) is 4.05. The second kappa shape index (κ2) is 9.10. The van der Waals surface area contributed by atoms with E-state index in [0.29, 0.717) is 6.42 Å². The van der Waals surface area contributed by atoms with Crippen LogP contribution in [-0.2, 0) is 4.79 Å². The molecule has 1 aliphatic heterocycles. The summed E-state index contributed by atoms with van der Waals surface area (Å²) in [7, 11) is 3.97. The number of carbonyl (C=O) groups is 1. The lowest BCUT2D eigenvalue weighted by Gasteiger charge is -2.19. The van der Waals surface area contributed by atoms with Crippen LogP contribution in [0.5, 0.6) is 0 Å². The first-order valence-corrected chi connectivity index (χ1v) is 9.20. The van der Waals surface area contributed by atoms with E-state index in [1.807, 2.05) is 35.4 Å². The van der Waals surface area contributed by atoms with E-state index in [1.165, 1.54) is 18.6 Å². The summed E-state index contributed by atoms with van der Waals surface area (Å²) in [6, 6.07) is -0.0979. The molecule has 0 aromatic carbocycles. The highest BCUT2D eigenvalue weighted by Crippen LogP contribution is 2.39. The molecule has 1 fully saturated rings. The van der Waals surface area contributed by atoms with E-state index < -0.39 is 0 Å². The van der Waals surface area contributed by atoms with E-state index in [2.05, 4.69) is 5.32 Å². The van der Waals surface area contributed by atoms with Gasteiger partial charge in [-0.15, -0.1) is 0 Å². The van der Waals surface area contributed by atoms with Gasteiger partial charge in [-0.05, 0) is 25.2 Å². The first-order chi connectivity index (χ1) is 8.63. The third-order valence-electron chi connectivity index (χ3n) is 3.26. The van der Waals surface area contributed by atoms with Crippen molar-refractivity contribution in [3.05, 3.63) is 0 Å². The third-order valence-corrected chi connectivity index (χ3v) is 6.26. The molecule has 3 nitrogen and oxygen atoms in total. The zero-order valence-corrected chi connectivity index (χ0v) is 13.0. The van der Waals surface area contributed by atoms with Gasteiger partial charge in [0.1, 0.15) is 0 Å². The van der Waals surface area contributed by atoms with Gasteiger partial charge in [-0.2, -0.15) is 0 Å². The summed E-state index contributed by atoms with van der Waals surface area (Å²) in [5, 5.41) is 12.8. The Labute approximate surface area is 118 Å². The van der Waals surface area contributed by atoms with Gasteiger partial charge < -0.3 is 10.4 Å². The largest absolute Gasteiger partial charge is 0.394 e. The van der Waals surface area contributed by atoms with Crippen LogP contribution in [0, 0.1) is 5.92 Å². The normalized spacial score (nSPS) is 21.2. The van der Waals surface area contributed by atoms with Gasteiger partial charge in [0.15, 0.2) is 0 Å². The number of hydrogen-bond acceptors (Lipinski definition) is 4. The molecule has 106 valence electrons. The molecule has 0 saturated carbocycles. The fourth-order valence-corrected chi connectivity index (χ4v) is 4.95. The highest BCUT2D eigenvalue weighted by Gasteiger charge is 2.17. The lowest BCUT2D eigenvalue weighted by Crippen LogP contribution is -2.41. The zero-order chi connectivity index (χ0) is 13.4. The average Bonchev–Trinajstić information content (AvgIpc) is 2.84. The number of rotatable bonds is 8. The Morgan fingerprint density at radius 3 is 2.78 bits per heavy atom. The number of aliphatic hydroxyl groups excluding tert-OH is 1. The molecule has 0 spiro atoms. The zero-order valence-electron chi connectivity index (χ0n) is 11.4. The van der Waals surface area contributed by atoms with Crippen LogP contribution < -0.4 is 5.32 Å². The van der Waals surface area contributed by atoms with Gasteiger partial charge in [0, 0.05) is 17.4 Å². The van der Waals surface area contributed by atoms with Crippen LogP contribution in [0.4, 0.5) is 0 Å². The number of aliphatic hydroxyl groups is 1. The molecule has 0 bridgehead atoms. The lowest BCUT2D eigenvalue weighted by molar-refractivity contribution is -0.122. The molecule has 1 amide bonds. The van der Waals surface area contributed by atoms with Gasteiger partial charge in [-0.25, -0.2) is 0 Å². The van der Waals surface area contributed by atoms with Crippen molar-refractivity contribution in [2.45, 2.75) is 57.2 Å². The molecule has 1 aliphatic rings. The van der Waals surface area contributed by atoms with Crippen LogP contribution in [0.2, 0.25) is 0 Å². The quantitative estimate of drug-likeness (QED) is 0.533. The number of unbranched alkanes of at least 4 members (excludes halogenated alkanes) is 1. The van der Waals surface area contributed by atoms with Crippen molar-refractivity contribution in [2.24, 2.45) is 5.92 Å². The first kappa shape index (κ1) is 16.2. The van der Waals surface area contributed by atoms with Gasteiger partial charge >= 0.3 is 0 Å². The molecular formula is C13H25NO2S2. The second-order valence-electron chi connectivity index (χ2n) is 5.18. The molecule has 2 atom stereocenters. The Morgan fingerprint density at radius 2 is 2.22 bits per heavy atom. The predicted molar refractivity (Wildman–Crippen MR) is 80.8 cm³/mol. The van der Waals surface area contributed by atoms with Crippen LogP contribution in [0.15, 0.2) is 0 Å². The van der Waals surface area contributed by atoms with E-state index in [-0.39, 0.29) is 24.5 Å². The monoisotopic (exact) mass is 291 g/mol. The minimum Gasteiger partial charge on any atom is -0.394 e. The van der Waals surface area contributed by atoms with Gasteiger partial charge in [-0.1, -0.05) is 41.9 Å². The average molecular weight is 291 g/mol. The van der Waals surface area contributed by atoms with Crippen LogP contribution >= 0.6 is 21.6 Å². The van der Waals surface area contributed by atoms with Crippen molar-refractivity contribution in [1.82, 2.24) is 5.32 Å². The van der Waals surface area contributed by atoms with Crippen molar-refractivity contribution in [3.63, 3.8) is 0 Å². The van der Waals surface area contributed by atoms with E-state index >= 15 is 0 Å². The maximum absolute atomic E-state index is 11.7. The van der Waals surface area contributed by atoms with Gasteiger partial charge in [-0.3, -0.25) is 4.79 Å². The molecule has 1 rings (SSSR count). The van der Waals surface area contributed by atoms with E-state index in [1.54, 1.807) is 0 Å². The molecule has 0 aromatic rings. The molecule has 1 heterocycles. The first-order valence-electron chi connectivity index (χ1n) is 6.82. The third kappa shape index (κ3) is 6.34. The Balaban J connectivity index is 2.05. The smallest absolute Gasteiger partial charge is 0.220 e. The maximum atomic E-state index is 11.7. The molecular weight excluding hydrogens is 266 g/mol. The summed E-state index contributed by atoms with van der Waals surface area (Å²) in [5.74, 6) is 1.64. The molecule has 5 heteroatoms. The Kier molecular flexibility index (Phi) is 8.18. The number of amides is 1. The van der Waals surface area contributed by atoms with Crippen molar-refractivity contribution in [1.29, 1.82) is 0 Å². The molecule has 0 radical (unpaired) electrons. The van der Waals surface area contributed by atoms with E-state index in [0.717, 1.165) is 18.1 Å². The Morgan fingerprint density at radius 1 is 1.44 bits per heavy atom. The Bertz CT molecular complexity index is 243. The highest BCUT2D eigenvalue weighted by molar-refractivity contribution is 8.77. The van der Waals surface area contributed by atoms with Crippen LogP contribution in [0.1, 0.15) is 46.0 Å². The summed E-state index contributed by atoms with van der Waals surface area (Å²) in [4.78, 5) is 11.7. The van der Waals surface area contributed by atoms with Crippen LogP contribution in [-0.4, -0.2) is 34.7 Å². The molecule has 0 aromatic heterocycles. The van der Waals surface area contributed by atoms with Crippen LogP contribution in [0.3, 0.4) is 0 Å². The fraction of sp³-hybridized carbons (Fsp3) is 0.923. The Hall–Kier alpha value is 0.130. The molecule has 0 aliphatic carbocycles. The van der Waals surface area contributed by atoms with Crippen molar-refractivity contribution in [3.8, 4) is 0 Å². The standard InChI is InChI=1S/C13H25NO2S2/c1-10(2)12(9-15)14-13(16)6-4-3-5-11-7-8-17-18-11/h10-12,15H,3-9H2,1-2H3,(H,14,16)/t11?,12-/m1/s1. The summed E-state index contributed by atoms with van der Waals surface area (Å²) in [6.07, 6.45) is 5.24. The summed E-state index contributed by atoms with van der Waals surface area (Å²) >= 11 is 0. The molecule has 18 heavy (non-hydrogen) atoms. The van der Waals surface area contributed by atoms with Gasteiger partial charge in [0.25, 0.3) is 0 Å². The van der Waals surface area contributed by atoms with E-state index in [9.17, 15) is 4.79 Å². The number of hydrogen-bond donors (Lipinski definition) is 2. The van der Waals surface area contributed by atoms with E-state index in [4.69, 9.17) is 5.11 Å². The SMILES string of the molecule is CC(C)[C@@H](CO)NC(=O)CCCCC1CCSS1.